The van der Waals surface area contributed by atoms with Crippen LogP contribution in [0.15, 0.2) is 51.7 Å². The number of rotatable bonds is 4. The molecule has 0 bridgehead atoms. The van der Waals surface area contributed by atoms with Crippen LogP contribution in [0.5, 0.6) is 17.2 Å². The van der Waals surface area contributed by atoms with Gasteiger partial charge in [0.1, 0.15) is 17.9 Å². The molecule has 0 radical (unpaired) electrons. The minimum Gasteiger partial charge on any atom is -0.485 e. The van der Waals surface area contributed by atoms with E-state index in [1.807, 2.05) is 6.07 Å². The predicted molar refractivity (Wildman–Crippen MR) is 113 cm³/mol. The van der Waals surface area contributed by atoms with Crippen molar-refractivity contribution < 1.29 is 28.2 Å². The molecule has 2 aliphatic rings. The molecule has 0 spiro atoms. The van der Waals surface area contributed by atoms with Crippen LogP contribution in [0.4, 0.5) is 0 Å². The molecule has 0 saturated heterocycles. The Balaban J connectivity index is 1.15. The van der Waals surface area contributed by atoms with Gasteiger partial charge in [-0.1, -0.05) is 12.1 Å². The van der Waals surface area contributed by atoms with E-state index in [0.717, 1.165) is 35.8 Å². The molecule has 9 nitrogen and oxygen atoms in total. The number of benzene rings is 2. The molecule has 0 fully saturated rings. The van der Waals surface area contributed by atoms with Crippen LogP contribution >= 0.6 is 0 Å². The van der Waals surface area contributed by atoms with Crippen molar-refractivity contribution in [1.29, 1.82) is 0 Å². The van der Waals surface area contributed by atoms with Gasteiger partial charge in [0, 0.05) is 17.0 Å². The molecule has 1 aliphatic carbocycles. The van der Waals surface area contributed by atoms with Crippen LogP contribution in [0, 0.1) is 0 Å². The molecule has 2 N–H and O–H groups in total. The molecule has 1 atom stereocenters. The van der Waals surface area contributed by atoms with Crippen molar-refractivity contribution in [2.75, 3.05) is 13.2 Å². The predicted octanol–water partition coefficient (Wildman–Crippen LogP) is 1.65. The largest absolute Gasteiger partial charge is 0.485 e. The lowest BCUT2D eigenvalue weighted by Gasteiger charge is -2.25. The summed E-state index contributed by atoms with van der Waals surface area (Å²) in [5.41, 5.74) is 6.47. The fourth-order valence-electron chi connectivity index (χ4n) is 3.90. The van der Waals surface area contributed by atoms with Gasteiger partial charge in [-0.15, -0.1) is 0 Å². The van der Waals surface area contributed by atoms with Crippen LogP contribution in [-0.2, 0) is 22.4 Å². The summed E-state index contributed by atoms with van der Waals surface area (Å²) in [6.45, 7) is -0.312. The van der Waals surface area contributed by atoms with Crippen molar-refractivity contribution in [3.05, 3.63) is 64.0 Å². The number of nitrogens with one attached hydrogen (secondary N) is 2. The van der Waals surface area contributed by atoms with E-state index in [1.54, 1.807) is 36.4 Å². The molecule has 1 unspecified atom stereocenters. The van der Waals surface area contributed by atoms with E-state index in [1.165, 1.54) is 0 Å². The first-order valence-electron chi connectivity index (χ1n) is 10.3. The maximum absolute atomic E-state index is 12.2. The Morgan fingerprint density at radius 1 is 1.03 bits per heavy atom. The van der Waals surface area contributed by atoms with Crippen molar-refractivity contribution in [2.45, 2.75) is 25.4 Å². The molecule has 0 saturated carbocycles. The van der Waals surface area contributed by atoms with Gasteiger partial charge in [0.15, 0.2) is 18.1 Å². The molecule has 2 amide bonds. The standard InChI is InChI=1S/C23H20N2O7/c26-21(24-25-22(27)20-11-30-17-6-1-2-7-18(17)31-20)12-29-13-8-9-15-14-4-3-5-16(14)23(28)32-19(15)10-13/h1-2,6-10,20H,3-5,11-12H2,(H,24,26)(H,25,27). The van der Waals surface area contributed by atoms with Crippen LogP contribution in [0.25, 0.3) is 11.0 Å². The quantitative estimate of drug-likeness (QED) is 0.472. The summed E-state index contributed by atoms with van der Waals surface area (Å²) in [7, 11) is 0. The second kappa shape index (κ2) is 8.26. The minimum absolute atomic E-state index is 0.0290. The lowest BCUT2D eigenvalue weighted by atomic mass is 10.1. The minimum atomic E-state index is -0.892. The van der Waals surface area contributed by atoms with Crippen LogP contribution in [-0.4, -0.2) is 31.1 Å². The monoisotopic (exact) mass is 436 g/mol. The zero-order valence-corrected chi connectivity index (χ0v) is 17.0. The molecular formula is C23H20N2O7. The van der Waals surface area contributed by atoms with Crippen molar-refractivity contribution in [3.63, 3.8) is 0 Å². The van der Waals surface area contributed by atoms with E-state index in [-0.39, 0.29) is 18.8 Å². The highest BCUT2D eigenvalue weighted by atomic mass is 16.6. The molecule has 1 aliphatic heterocycles. The Hall–Kier alpha value is -4.01. The molecule has 3 aromatic rings. The summed E-state index contributed by atoms with van der Waals surface area (Å²) in [4.78, 5) is 36.4. The van der Waals surface area contributed by atoms with Gasteiger partial charge < -0.3 is 18.6 Å². The number of carbonyl (C=O) groups is 2. The number of aryl methyl sites for hydroxylation is 1. The number of para-hydroxylation sites is 2. The Morgan fingerprint density at radius 3 is 2.72 bits per heavy atom. The SMILES string of the molecule is O=C(COc1ccc2c3c(c(=O)oc2c1)CCC3)NNC(=O)C1COc2ccccc2O1. The van der Waals surface area contributed by atoms with Crippen molar-refractivity contribution >= 4 is 22.8 Å². The summed E-state index contributed by atoms with van der Waals surface area (Å²) >= 11 is 0. The highest BCUT2D eigenvalue weighted by molar-refractivity contribution is 5.86. The zero-order chi connectivity index (χ0) is 22.1. The van der Waals surface area contributed by atoms with Gasteiger partial charge in [-0.3, -0.25) is 20.4 Å². The zero-order valence-electron chi connectivity index (χ0n) is 17.0. The molecule has 2 heterocycles. The molecule has 164 valence electrons. The number of ether oxygens (including phenoxy) is 3. The van der Waals surface area contributed by atoms with Crippen LogP contribution < -0.4 is 30.7 Å². The summed E-state index contributed by atoms with van der Waals surface area (Å²) in [5, 5.41) is 0.887. The first-order chi connectivity index (χ1) is 15.6. The number of hydrazine groups is 1. The third-order valence-corrected chi connectivity index (χ3v) is 5.44. The molecule has 2 aromatic carbocycles. The molecular weight excluding hydrogens is 416 g/mol. The topological polar surface area (TPSA) is 116 Å². The van der Waals surface area contributed by atoms with E-state index in [9.17, 15) is 14.4 Å². The molecule has 9 heteroatoms. The normalized spacial score (nSPS) is 16.3. The van der Waals surface area contributed by atoms with E-state index in [4.69, 9.17) is 18.6 Å². The fourth-order valence-corrected chi connectivity index (χ4v) is 3.90. The van der Waals surface area contributed by atoms with Gasteiger partial charge in [0.25, 0.3) is 11.8 Å². The Kier molecular flexibility index (Phi) is 5.14. The van der Waals surface area contributed by atoms with Crippen molar-refractivity contribution in [1.82, 2.24) is 10.9 Å². The maximum atomic E-state index is 12.2. The van der Waals surface area contributed by atoms with Gasteiger partial charge in [-0.25, -0.2) is 4.79 Å². The van der Waals surface area contributed by atoms with E-state index >= 15 is 0 Å². The van der Waals surface area contributed by atoms with Gasteiger partial charge in [-0.05, 0) is 49.1 Å². The Labute approximate surface area is 182 Å². The second-order valence-corrected chi connectivity index (χ2v) is 7.55. The summed E-state index contributed by atoms with van der Waals surface area (Å²) in [5.74, 6) is 0.285. The van der Waals surface area contributed by atoms with Crippen LogP contribution in [0.1, 0.15) is 17.5 Å². The number of fused-ring (bicyclic) bond motifs is 4. The molecule has 32 heavy (non-hydrogen) atoms. The summed E-state index contributed by atoms with van der Waals surface area (Å²) in [6, 6.07) is 12.2. The lowest BCUT2D eigenvalue weighted by molar-refractivity contribution is -0.135. The van der Waals surface area contributed by atoms with E-state index in [0.29, 0.717) is 22.8 Å². The highest BCUT2D eigenvalue weighted by Gasteiger charge is 2.27. The number of hydrogen-bond donors (Lipinski definition) is 2. The van der Waals surface area contributed by atoms with E-state index in [2.05, 4.69) is 10.9 Å². The van der Waals surface area contributed by atoms with E-state index < -0.39 is 17.9 Å². The second-order valence-electron chi connectivity index (χ2n) is 7.55. The maximum Gasteiger partial charge on any atom is 0.339 e. The molecule has 1 aromatic heterocycles. The summed E-state index contributed by atoms with van der Waals surface area (Å²) in [6.07, 6.45) is 1.63. The first kappa shape index (κ1) is 19.9. The third-order valence-electron chi connectivity index (χ3n) is 5.44. The Bertz CT molecular complexity index is 1270. The van der Waals surface area contributed by atoms with Gasteiger partial charge in [0.2, 0.25) is 6.10 Å². The average molecular weight is 436 g/mol. The molecule has 5 rings (SSSR count). The average Bonchev–Trinajstić information content (AvgIpc) is 3.32. The van der Waals surface area contributed by atoms with Gasteiger partial charge >= 0.3 is 5.63 Å². The van der Waals surface area contributed by atoms with Gasteiger partial charge in [-0.2, -0.15) is 0 Å². The first-order valence-corrected chi connectivity index (χ1v) is 10.3. The summed E-state index contributed by atoms with van der Waals surface area (Å²) < 4.78 is 22.0. The number of amides is 2. The number of hydrogen-bond acceptors (Lipinski definition) is 7. The van der Waals surface area contributed by atoms with Crippen molar-refractivity contribution in [2.24, 2.45) is 0 Å². The third kappa shape index (κ3) is 3.84. The van der Waals surface area contributed by atoms with Gasteiger partial charge in [0.05, 0.1) is 0 Å². The smallest absolute Gasteiger partial charge is 0.339 e. The fraction of sp³-hybridized carbons (Fsp3) is 0.261. The Morgan fingerprint density at radius 2 is 1.84 bits per heavy atom. The van der Waals surface area contributed by atoms with Crippen molar-refractivity contribution in [3.8, 4) is 17.2 Å². The lowest BCUT2D eigenvalue weighted by Crippen LogP contribution is -2.51. The van der Waals surface area contributed by atoms with Crippen LogP contribution in [0.3, 0.4) is 0 Å². The number of carbonyl (C=O) groups excluding carboxylic acids is 2. The van der Waals surface area contributed by atoms with Crippen LogP contribution in [0.2, 0.25) is 0 Å². The highest BCUT2D eigenvalue weighted by Crippen LogP contribution is 2.31.